The fourth-order valence-corrected chi connectivity index (χ4v) is 10.2. The molecule has 0 aliphatic heterocycles. The second-order valence-electron chi connectivity index (χ2n) is 14.7. The first-order chi connectivity index (χ1) is 23.7. The Morgan fingerprint density at radius 1 is 0.562 bits per heavy atom. The van der Waals surface area contributed by atoms with Crippen LogP contribution in [0.5, 0.6) is 0 Å². The molecule has 5 heteroatoms. The Bertz CT molecular complexity index is 2520. The van der Waals surface area contributed by atoms with Crippen molar-refractivity contribution in [1.29, 1.82) is 0 Å². The Kier molecular flexibility index (Phi) is 5.50. The van der Waals surface area contributed by atoms with Crippen LogP contribution in [0.1, 0.15) is 44.3 Å². The van der Waals surface area contributed by atoms with E-state index in [-0.39, 0.29) is 5.41 Å². The maximum absolute atomic E-state index is 6.41. The molecule has 232 valence electrons. The van der Waals surface area contributed by atoms with Crippen LogP contribution in [0.25, 0.3) is 72.2 Å². The lowest BCUT2D eigenvalue weighted by molar-refractivity contribution is -0.00938. The van der Waals surface area contributed by atoms with Crippen LogP contribution in [0.15, 0.2) is 120 Å². The summed E-state index contributed by atoms with van der Waals surface area (Å²) >= 11 is 0. The molecule has 4 bridgehead atoms. The molecule has 0 N–H and O–H groups in total. The van der Waals surface area contributed by atoms with Crippen LogP contribution >= 0.6 is 0 Å². The van der Waals surface area contributed by atoms with Crippen LogP contribution < -0.4 is 0 Å². The summed E-state index contributed by atoms with van der Waals surface area (Å²) in [6, 6.07) is 40.5. The van der Waals surface area contributed by atoms with Gasteiger partial charge in [0.05, 0.1) is 22.1 Å². The van der Waals surface area contributed by atoms with Crippen molar-refractivity contribution in [2.24, 2.45) is 17.8 Å². The molecule has 0 radical (unpaired) electrons. The van der Waals surface area contributed by atoms with Crippen molar-refractivity contribution < 1.29 is 4.42 Å². The van der Waals surface area contributed by atoms with E-state index in [1.165, 1.54) is 49.3 Å². The van der Waals surface area contributed by atoms with Crippen molar-refractivity contribution in [2.75, 3.05) is 0 Å². The Labute approximate surface area is 278 Å². The summed E-state index contributed by atoms with van der Waals surface area (Å²) in [5.41, 5.74) is 7.23. The second kappa shape index (κ2) is 9.86. The molecule has 0 amide bonds. The first kappa shape index (κ1) is 26.7. The van der Waals surface area contributed by atoms with Crippen LogP contribution in [0, 0.1) is 17.8 Å². The normalized spacial score (nSPS) is 23.2. The van der Waals surface area contributed by atoms with Crippen LogP contribution in [0.3, 0.4) is 0 Å². The molecule has 3 heterocycles. The number of hydrogen-bond acceptors (Lipinski definition) is 4. The zero-order valence-corrected chi connectivity index (χ0v) is 26.6. The summed E-state index contributed by atoms with van der Waals surface area (Å²) in [5, 5.41) is 4.66. The van der Waals surface area contributed by atoms with Gasteiger partial charge in [-0.25, -0.2) is 15.0 Å². The van der Waals surface area contributed by atoms with Crippen molar-refractivity contribution in [3.8, 4) is 28.5 Å². The molecule has 5 aromatic carbocycles. The number of furan rings is 1. The Morgan fingerprint density at radius 2 is 1.23 bits per heavy atom. The molecule has 0 atom stereocenters. The van der Waals surface area contributed by atoms with Gasteiger partial charge < -0.3 is 8.98 Å². The fourth-order valence-electron chi connectivity index (χ4n) is 10.2. The maximum Gasteiger partial charge on any atom is 0.165 e. The van der Waals surface area contributed by atoms with Gasteiger partial charge >= 0.3 is 0 Å². The lowest BCUT2D eigenvalue weighted by atomic mass is 9.49. The average Bonchev–Trinajstić information content (AvgIpc) is 3.67. The Balaban J connectivity index is 1.20. The molecule has 0 spiro atoms. The van der Waals surface area contributed by atoms with E-state index in [2.05, 4.69) is 114 Å². The number of benzene rings is 5. The molecule has 0 unspecified atom stereocenters. The molecule has 48 heavy (non-hydrogen) atoms. The summed E-state index contributed by atoms with van der Waals surface area (Å²) in [5.74, 6) is 4.92. The van der Waals surface area contributed by atoms with Crippen LogP contribution in [-0.4, -0.2) is 19.5 Å². The van der Waals surface area contributed by atoms with Crippen LogP contribution in [0.4, 0.5) is 0 Å². The molecular weight excluding hydrogens is 589 g/mol. The van der Waals surface area contributed by atoms with Crippen molar-refractivity contribution in [1.82, 2.24) is 19.5 Å². The SMILES string of the molecule is c1ccc(-c2nc(-c3ccccc3-n3c4ccccc4c4ccc5oc6ccccc6c5c43)nc(C34CC5CC(CC(C5)C3)C4)n2)cc1. The Hall–Kier alpha value is -5.29. The lowest BCUT2D eigenvalue weighted by Crippen LogP contribution is -2.49. The summed E-state index contributed by atoms with van der Waals surface area (Å²) in [4.78, 5) is 16.1. The molecule has 4 aliphatic carbocycles. The van der Waals surface area contributed by atoms with Gasteiger partial charge in [-0.15, -0.1) is 0 Å². The number of hydrogen-bond donors (Lipinski definition) is 0. The predicted molar refractivity (Wildman–Crippen MR) is 192 cm³/mol. The van der Waals surface area contributed by atoms with Gasteiger partial charge in [-0.05, 0) is 92.7 Å². The molecule has 4 fully saturated rings. The quantitative estimate of drug-likeness (QED) is 0.196. The number of aromatic nitrogens is 4. The third-order valence-corrected chi connectivity index (χ3v) is 11.7. The summed E-state index contributed by atoms with van der Waals surface area (Å²) in [6.45, 7) is 0. The Morgan fingerprint density at radius 3 is 2.04 bits per heavy atom. The highest BCUT2D eigenvalue weighted by Crippen LogP contribution is 2.60. The number of para-hydroxylation sites is 3. The summed E-state index contributed by atoms with van der Waals surface area (Å²) in [7, 11) is 0. The third-order valence-electron chi connectivity index (χ3n) is 11.7. The molecular formula is C43H34N4O. The highest BCUT2D eigenvalue weighted by molar-refractivity contribution is 6.24. The van der Waals surface area contributed by atoms with E-state index in [1.54, 1.807) is 0 Å². The average molecular weight is 623 g/mol. The minimum absolute atomic E-state index is 0.0413. The minimum atomic E-state index is 0.0413. The summed E-state index contributed by atoms with van der Waals surface area (Å²) < 4.78 is 8.83. The van der Waals surface area contributed by atoms with Crippen molar-refractivity contribution in [3.63, 3.8) is 0 Å². The fraction of sp³-hybridized carbons (Fsp3) is 0.233. The van der Waals surface area contributed by atoms with Crippen molar-refractivity contribution in [3.05, 3.63) is 121 Å². The lowest BCUT2D eigenvalue weighted by Gasteiger charge is -2.56. The van der Waals surface area contributed by atoms with Gasteiger partial charge in [-0.3, -0.25) is 0 Å². The maximum atomic E-state index is 6.41. The first-order valence-electron chi connectivity index (χ1n) is 17.5. The zero-order valence-electron chi connectivity index (χ0n) is 26.6. The number of nitrogens with zero attached hydrogens (tertiary/aromatic N) is 4. The monoisotopic (exact) mass is 622 g/mol. The molecule has 4 saturated carbocycles. The summed E-state index contributed by atoms with van der Waals surface area (Å²) in [6.07, 6.45) is 7.77. The minimum Gasteiger partial charge on any atom is -0.456 e. The van der Waals surface area contributed by atoms with E-state index in [0.717, 1.165) is 85.0 Å². The van der Waals surface area contributed by atoms with E-state index in [1.807, 2.05) is 6.07 Å². The molecule has 0 saturated heterocycles. The van der Waals surface area contributed by atoms with Crippen LogP contribution in [0.2, 0.25) is 0 Å². The zero-order chi connectivity index (χ0) is 31.4. The van der Waals surface area contributed by atoms with E-state index in [0.29, 0.717) is 0 Å². The van der Waals surface area contributed by atoms with Gasteiger partial charge in [0.15, 0.2) is 11.6 Å². The van der Waals surface area contributed by atoms with Gasteiger partial charge in [0.1, 0.15) is 17.0 Å². The molecule has 5 nitrogen and oxygen atoms in total. The van der Waals surface area contributed by atoms with Gasteiger partial charge in [0, 0.05) is 32.7 Å². The first-order valence-corrected chi connectivity index (χ1v) is 17.5. The van der Waals surface area contributed by atoms with Crippen molar-refractivity contribution >= 4 is 43.7 Å². The molecule has 4 aliphatic rings. The van der Waals surface area contributed by atoms with E-state index >= 15 is 0 Å². The van der Waals surface area contributed by atoms with Gasteiger partial charge in [-0.2, -0.15) is 0 Å². The highest BCUT2D eigenvalue weighted by atomic mass is 16.3. The molecule has 3 aromatic heterocycles. The topological polar surface area (TPSA) is 56.7 Å². The van der Waals surface area contributed by atoms with E-state index in [9.17, 15) is 0 Å². The molecule has 12 rings (SSSR count). The largest absolute Gasteiger partial charge is 0.456 e. The van der Waals surface area contributed by atoms with Crippen molar-refractivity contribution in [2.45, 2.75) is 43.9 Å². The highest BCUT2D eigenvalue weighted by Gasteiger charge is 2.53. The number of rotatable bonds is 4. The van der Waals surface area contributed by atoms with E-state index in [4.69, 9.17) is 19.4 Å². The standard InChI is InChI=1S/C43H34N4O/c1-2-10-29(11-3-1)40-44-41(46-42(45-40)43-23-26-20-27(24-43)22-28(21-26)25-43)32-13-5-8-16-35(32)47-34-15-7-4-12-30(34)31-18-19-37-38(39(31)47)33-14-6-9-17-36(33)48-37/h1-19,26-28H,20-25H2. The predicted octanol–water partition coefficient (Wildman–Crippen LogP) is 10.7. The van der Waals surface area contributed by atoms with Gasteiger partial charge in [0.25, 0.3) is 0 Å². The van der Waals surface area contributed by atoms with Crippen LogP contribution in [-0.2, 0) is 5.41 Å². The van der Waals surface area contributed by atoms with Gasteiger partial charge in [-0.1, -0.05) is 78.9 Å². The second-order valence-corrected chi connectivity index (χ2v) is 14.7. The smallest absolute Gasteiger partial charge is 0.165 e. The molecule has 8 aromatic rings. The third kappa shape index (κ3) is 3.82. The van der Waals surface area contributed by atoms with E-state index < -0.39 is 0 Å². The van der Waals surface area contributed by atoms with Gasteiger partial charge in [0.2, 0.25) is 0 Å². The number of fused-ring (bicyclic) bond motifs is 7.